The summed E-state index contributed by atoms with van der Waals surface area (Å²) in [5.74, 6) is -0.327. The highest BCUT2D eigenvalue weighted by Gasteiger charge is 2.25. The van der Waals surface area contributed by atoms with Crippen molar-refractivity contribution in [3.05, 3.63) is 12.2 Å². The Balaban J connectivity index is 2.57. The Hall–Kier alpha value is -0.830. The zero-order chi connectivity index (χ0) is 8.27. The van der Waals surface area contributed by atoms with Gasteiger partial charge in [-0.25, -0.2) is 0 Å². The summed E-state index contributed by atoms with van der Waals surface area (Å²) in [6, 6.07) is -0.156. The van der Waals surface area contributed by atoms with Crippen molar-refractivity contribution in [2.45, 2.75) is 18.9 Å². The van der Waals surface area contributed by atoms with E-state index >= 15 is 0 Å². The predicted octanol–water partition coefficient (Wildman–Crippen LogP) is 0.453. The first kappa shape index (κ1) is 8.27. The monoisotopic (exact) mass is 155 g/mol. The maximum atomic E-state index is 11.0. The highest BCUT2D eigenvalue weighted by molar-refractivity contribution is 5.73. The van der Waals surface area contributed by atoms with Crippen molar-refractivity contribution in [1.29, 1.82) is 0 Å². The Labute approximate surface area is 66.2 Å². The molecular weight excluding hydrogens is 142 g/mol. The van der Waals surface area contributed by atoms with Crippen molar-refractivity contribution in [2.24, 2.45) is 11.7 Å². The third-order valence-corrected chi connectivity index (χ3v) is 1.97. The molecule has 0 saturated carbocycles. The summed E-state index contributed by atoms with van der Waals surface area (Å²) < 4.78 is 4.61. The summed E-state index contributed by atoms with van der Waals surface area (Å²) in [6.07, 6.45) is 5.60. The molecule has 3 nitrogen and oxygen atoms in total. The van der Waals surface area contributed by atoms with Crippen molar-refractivity contribution in [3.63, 3.8) is 0 Å². The summed E-state index contributed by atoms with van der Waals surface area (Å²) in [5.41, 5.74) is 5.67. The van der Waals surface area contributed by atoms with Gasteiger partial charge in [-0.2, -0.15) is 0 Å². The SMILES string of the molecule is COC(=O)[C@H]1CCC=C[C@H]1N. The molecule has 0 spiro atoms. The fraction of sp³-hybridized carbons (Fsp3) is 0.625. The molecule has 1 aliphatic rings. The lowest BCUT2D eigenvalue weighted by Crippen LogP contribution is -2.36. The van der Waals surface area contributed by atoms with Gasteiger partial charge in [-0.05, 0) is 12.8 Å². The molecule has 0 heterocycles. The number of hydrogen-bond donors (Lipinski definition) is 1. The number of methoxy groups -OCH3 is 1. The van der Waals surface area contributed by atoms with Crippen LogP contribution in [0, 0.1) is 5.92 Å². The fourth-order valence-electron chi connectivity index (χ4n) is 1.28. The molecule has 0 aromatic carbocycles. The van der Waals surface area contributed by atoms with Gasteiger partial charge in [0.15, 0.2) is 0 Å². The minimum Gasteiger partial charge on any atom is -0.469 e. The van der Waals surface area contributed by atoms with Gasteiger partial charge in [-0.1, -0.05) is 12.2 Å². The minimum atomic E-state index is -0.193. The molecule has 0 aromatic rings. The van der Waals surface area contributed by atoms with E-state index in [9.17, 15) is 4.79 Å². The van der Waals surface area contributed by atoms with Crippen LogP contribution in [0.4, 0.5) is 0 Å². The Morgan fingerprint density at radius 1 is 1.73 bits per heavy atom. The second-order valence-corrected chi connectivity index (χ2v) is 2.71. The van der Waals surface area contributed by atoms with E-state index in [2.05, 4.69) is 4.74 Å². The summed E-state index contributed by atoms with van der Waals surface area (Å²) >= 11 is 0. The van der Waals surface area contributed by atoms with Crippen LogP contribution in [-0.2, 0) is 9.53 Å². The Morgan fingerprint density at radius 3 is 3.00 bits per heavy atom. The lowest BCUT2D eigenvalue weighted by molar-refractivity contribution is -0.146. The van der Waals surface area contributed by atoms with Gasteiger partial charge >= 0.3 is 5.97 Å². The van der Waals surface area contributed by atoms with E-state index in [4.69, 9.17) is 5.73 Å². The number of esters is 1. The molecule has 0 aromatic heterocycles. The maximum absolute atomic E-state index is 11.0. The van der Waals surface area contributed by atoms with Gasteiger partial charge in [0.2, 0.25) is 0 Å². The molecule has 0 unspecified atom stereocenters. The molecular formula is C8H13NO2. The Bertz CT molecular complexity index is 177. The molecule has 11 heavy (non-hydrogen) atoms. The third-order valence-electron chi connectivity index (χ3n) is 1.97. The molecule has 62 valence electrons. The second-order valence-electron chi connectivity index (χ2n) is 2.71. The van der Waals surface area contributed by atoms with Crippen molar-refractivity contribution in [1.82, 2.24) is 0 Å². The molecule has 2 N–H and O–H groups in total. The number of nitrogens with two attached hydrogens (primary N) is 1. The van der Waals surface area contributed by atoms with Crippen molar-refractivity contribution >= 4 is 5.97 Å². The van der Waals surface area contributed by atoms with Gasteiger partial charge in [-0.3, -0.25) is 4.79 Å². The molecule has 0 bridgehead atoms. The number of carbonyl (C=O) groups excluding carboxylic acids is 1. The van der Waals surface area contributed by atoms with E-state index < -0.39 is 0 Å². The number of ether oxygens (including phenoxy) is 1. The van der Waals surface area contributed by atoms with Gasteiger partial charge < -0.3 is 10.5 Å². The average molecular weight is 155 g/mol. The van der Waals surface area contributed by atoms with Gasteiger partial charge in [0, 0.05) is 6.04 Å². The largest absolute Gasteiger partial charge is 0.469 e. The second kappa shape index (κ2) is 3.53. The first-order chi connectivity index (χ1) is 5.25. The Kier molecular flexibility index (Phi) is 2.65. The molecule has 0 aliphatic heterocycles. The maximum Gasteiger partial charge on any atom is 0.310 e. The summed E-state index contributed by atoms with van der Waals surface area (Å²) in [4.78, 5) is 11.0. The van der Waals surface area contributed by atoms with Crippen LogP contribution in [0.25, 0.3) is 0 Å². The van der Waals surface area contributed by atoms with Crippen LogP contribution in [0.5, 0.6) is 0 Å². The molecule has 0 amide bonds. The minimum absolute atomic E-state index is 0.134. The van der Waals surface area contributed by atoms with E-state index in [0.717, 1.165) is 12.8 Å². The van der Waals surface area contributed by atoms with Gasteiger partial charge in [0.1, 0.15) is 0 Å². The summed E-state index contributed by atoms with van der Waals surface area (Å²) in [6.45, 7) is 0. The molecule has 0 radical (unpaired) electrons. The van der Waals surface area contributed by atoms with Gasteiger partial charge in [-0.15, -0.1) is 0 Å². The third kappa shape index (κ3) is 1.80. The molecule has 1 rings (SSSR count). The standard InChI is InChI=1S/C8H13NO2/c1-11-8(10)6-4-2-3-5-7(6)9/h3,5-7H,2,4,9H2,1H3/t6-,7+/m0/s1. The number of rotatable bonds is 1. The topological polar surface area (TPSA) is 52.3 Å². The average Bonchev–Trinajstić information content (AvgIpc) is 2.04. The van der Waals surface area contributed by atoms with E-state index in [-0.39, 0.29) is 17.9 Å². The van der Waals surface area contributed by atoms with E-state index in [1.54, 1.807) is 0 Å². The zero-order valence-electron chi connectivity index (χ0n) is 6.62. The van der Waals surface area contributed by atoms with Crippen molar-refractivity contribution in [3.8, 4) is 0 Å². The number of carbonyl (C=O) groups is 1. The quantitative estimate of drug-likeness (QED) is 0.442. The highest BCUT2D eigenvalue weighted by atomic mass is 16.5. The highest BCUT2D eigenvalue weighted by Crippen LogP contribution is 2.18. The Morgan fingerprint density at radius 2 is 2.45 bits per heavy atom. The molecule has 1 aliphatic carbocycles. The lowest BCUT2D eigenvalue weighted by atomic mass is 9.90. The predicted molar refractivity (Wildman–Crippen MR) is 41.9 cm³/mol. The van der Waals surface area contributed by atoms with Crippen LogP contribution < -0.4 is 5.73 Å². The first-order valence-corrected chi connectivity index (χ1v) is 3.76. The van der Waals surface area contributed by atoms with Crippen molar-refractivity contribution in [2.75, 3.05) is 7.11 Å². The molecule has 3 heteroatoms. The lowest BCUT2D eigenvalue weighted by Gasteiger charge is -2.21. The van der Waals surface area contributed by atoms with Gasteiger partial charge in [0.05, 0.1) is 13.0 Å². The number of hydrogen-bond acceptors (Lipinski definition) is 3. The summed E-state index contributed by atoms with van der Waals surface area (Å²) in [5, 5.41) is 0. The summed E-state index contributed by atoms with van der Waals surface area (Å²) in [7, 11) is 1.40. The van der Waals surface area contributed by atoms with Crippen molar-refractivity contribution < 1.29 is 9.53 Å². The van der Waals surface area contributed by atoms with Crippen LogP contribution >= 0.6 is 0 Å². The van der Waals surface area contributed by atoms with Gasteiger partial charge in [0.25, 0.3) is 0 Å². The first-order valence-electron chi connectivity index (χ1n) is 3.76. The van der Waals surface area contributed by atoms with Crippen LogP contribution in [0.2, 0.25) is 0 Å². The number of allylic oxidation sites excluding steroid dienone is 1. The normalized spacial score (nSPS) is 30.0. The smallest absolute Gasteiger partial charge is 0.310 e. The van der Waals surface area contributed by atoms with E-state index in [0.29, 0.717) is 0 Å². The fourth-order valence-corrected chi connectivity index (χ4v) is 1.28. The van der Waals surface area contributed by atoms with E-state index in [1.807, 2.05) is 12.2 Å². The molecule has 0 fully saturated rings. The van der Waals surface area contributed by atoms with Crippen LogP contribution in [-0.4, -0.2) is 19.1 Å². The zero-order valence-corrected chi connectivity index (χ0v) is 6.62. The van der Waals surface area contributed by atoms with E-state index in [1.165, 1.54) is 7.11 Å². The van der Waals surface area contributed by atoms with Crippen LogP contribution in [0.15, 0.2) is 12.2 Å². The molecule has 0 saturated heterocycles. The molecule has 2 atom stereocenters. The van der Waals surface area contributed by atoms with Crippen LogP contribution in [0.3, 0.4) is 0 Å². The van der Waals surface area contributed by atoms with Crippen LogP contribution in [0.1, 0.15) is 12.8 Å².